The fourth-order valence-electron chi connectivity index (χ4n) is 7.26. The van der Waals surface area contributed by atoms with Gasteiger partial charge in [-0.15, -0.1) is 0 Å². The first kappa shape index (κ1) is 28.9. The molecule has 2 saturated heterocycles. The highest BCUT2D eigenvalue weighted by Crippen LogP contribution is 2.43. The van der Waals surface area contributed by atoms with Crippen LogP contribution in [0.3, 0.4) is 0 Å². The zero-order valence-corrected chi connectivity index (χ0v) is 25.1. The van der Waals surface area contributed by atoms with Crippen LogP contribution in [0, 0.1) is 5.82 Å². The lowest BCUT2D eigenvalue weighted by molar-refractivity contribution is 0.0512. The summed E-state index contributed by atoms with van der Waals surface area (Å²) >= 11 is 0. The Morgan fingerprint density at radius 3 is 2.71 bits per heavy atom. The third kappa shape index (κ3) is 5.24. The molecule has 6 rings (SSSR count). The van der Waals surface area contributed by atoms with Crippen LogP contribution in [0.1, 0.15) is 49.4 Å². The van der Waals surface area contributed by atoms with Gasteiger partial charge in [-0.25, -0.2) is 4.39 Å². The van der Waals surface area contributed by atoms with Gasteiger partial charge in [0.15, 0.2) is 6.79 Å². The van der Waals surface area contributed by atoms with Gasteiger partial charge in [0.05, 0.1) is 31.5 Å². The molecule has 3 aromatic rings. The van der Waals surface area contributed by atoms with Gasteiger partial charge < -0.3 is 28.6 Å². The van der Waals surface area contributed by atoms with Crippen molar-refractivity contribution >= 4 is 16.5 Å². The number of benzene rings is 2. The first-order valence-electron chi connectivity index (χ1n) is 14.9. The number of hydrogen-bond donors (Lipinski definition) is 0. The van der Waals surface area contributed by atoms with E-state index in [0.717, 1.165) is 66.6 Å². The summed E-state index contributed by atoms with van der Waals surface area (Å²) in [5.41, 5.74) is 3.46. The number of ether oxygens (including phenoxy) is 5. The highest BCUT2D eigenvalue weighted by atomic mass is 19.1. The molecule has 2 fully saturated rings. The first-order valence-corrected chi connectivity index (χ1v) is 14.9. The maximum absolute atomic E-state index is 15.0. The van der Waals surface area contributed by atoms with E-state index in [0.29, 0.717) is 61.8 Å². The molecule has 2 atom stereocenters. The number of aryl methyl sites for hydroxylation is 1. The van der Waals surface area contributed by atoms with Gasteiger partial charge in [0, 0.05) is 49.5 Å². The second-order valence-electron chi connectivity index (χ2n) is 11.5. The largest absolute Gasteiger partial charge is 0.481 e. The van der Waals surface area contributed by atoms with E-state index in [1.165, 1.54) is 6.07 Å². The fraction of sp³-hybridized carbons (Fsp3) is 0.562. The fourth-order valence-corrected chi connectivity index (χ4v) is 7.26. The molecular weight excluding hydrogens is 539 g/mol. The van der Waals surface area contributed by atoms with Gasteiger partial charge in [0.25, 0.3) is 0 Å². The Kier molecular flexibility index (Phi) is 8.38. The van der Waals surface area contributed by atoms with Crippen LogP contribution in [0.2, 0.25) is 0 Å². The van der Waals surface area contributed by atoms with Crippen molar-refractivity contribution in [2.45, 2.75) is 63.6 Å². The number of nitrogens with zero attached hydrogens (tertiary/aromatic N) is 4. The minimum Gasteiger partial charge on any atom is -0.481 e. The number of anilines is 1. The molecule has 3 aliphatic heterocycles. The van der Waals surface area contributed by atoms with Crippen LogP contribution in [0.4, 0.5) is 10.1 Å². The van der Waals surface area contributed by atoms with Crippen molar-refractivity contribution in [3.05, 3.63) is 46.9 Å². The Morgan fingerprint density at radius 2 is 1.93 bits per heavy atom. The summed E-state index contributed by atoms with van der Waals surface area (Å²) in [6.07, 6.45) is 5.74. The van der Waals surface area contributed by atoms with E-state index < -0.39 is 0 Å². The number of fused-ring (bicyclic) bond motifs is 3. The van der Waals surface area contributed by atoms with E-state index in [9.17, 15) is 4.39 Å². The smallest absolute Gasteiger partial charge is 0.320 e. The standard InChI is InChI=1S/C32H41FN4O5/c1-5-24-26(33)8-7-21-15-23(42-20-39-3)16-28(29(21)24)36-14-10-25-27(17-36)34-31(35-30(25)40-4)41-19-32-11-6-13-37(32)22(9-12-32)18-38-2/h7-8,15-16,22H,5-6,9-14,17-20H2,1-4H3/t22-,32+/m0/s1. The van der Waals surface area contributed by atoms with Crippen molar-refractivity contribution in [3.8, 4) is 17.6 Å². The quantitative estimate of drug-likeness (QED) is 0.294. The van der Waals surface area contributed by atoms with Crippen molar-refractivity contribution in [1.82, 2.24) is 14.9 Å². The van der Waals surface area contributed by atoms with E-state index >= 15 is 0 Å². The predicted molar refractivity (Wildman–Crippen MR) is 158 cm³/mol. The molecule has 1 aromatic heterocycles. The summed E-state index contributed by atoms with van der Waals surface area (Å²) in [5.74, 6) is 1.03. The predicted octanol–water partition coefficient (Wildman–Crippen LogP) is 4.91. The zero-order valence-electron chi connectivity index (χ0n) is 25.1. The monoisotopic (exact) mass is 580 g/mol. The molecule has 0 aliphatic carbocycles. The summed E-state index contributed by atoms with van der Waals surface area (Å²) in [7, 11) is 5.01. The van der Waals surface area contributed by atoms with Gasteiger partial charge in [-0.2, -0.15) is 9.97 Å². The second kappa shape index (κ2) is 12.2. The lowest BCUT2D eigenvalue weighted by atomic mass is 9.95. The van der Waals surface area contributed by atoms with Gasteiger partial charge in [0.1, 0.15) is 18.2 Å². The van der Waals surface area contributed by atoms with Crippen molar-refractivity contribution < 1.29 is 28.1 Å². The van der Waals surface area contributed by atoms with Crippen LogP contribution in [0.5, 0.6) is 17.6 Å². The lowest BCUT2D eigenvalue weighted by Crippen LogP contribution is -2.47. The molecule has 0 N–H and O–H groups in total. The highest BCUT2D eigenvalue weighted by Gasteiger charge is 2.49. The molecule has 0 amide bonds. The van der Waals surface area contributed by atoms with Gasteiger partial charge in [0.2, 0.25) is 5.88 Å². The molecule has 2 aromatic carbocycles. The molecule has 42 heavy (non-hydrogen) atoms. The van der Waals surface area contributed by atoms with Gasteiger partial charge >= 0.3 is 6.01 Å². The first-order chi connectivity index (χ1) is 20.5. The van der Waals surface area contributed by atoms with Gasteiger partial charge in [-0.1, -0.05) is 13.0 Å². The third-order valence-corrected chi connectivity index (χ3v) is 9.22. The molecule has 3 aliphatic rings. The maximum Gasteiger partial charge on any atom is 0.320 e. The average Bonchev–Trinajstić information content (AvgIpc) is 3.58. The van der Waals surface area contributed by atoms with Crippen LogP contribution >= 0.6 is 0 Å². The van der Waals surface area contributed by atoms with Gasteiger partial charge in [-0.3, -0.25) is 4.90 Å². The van der Waals surface area contributed by atoms with Gasteiger partial charge in [-0.05, 0) is 68.2 Å². The van der Waals surface area contributed by atoms with E-state index in [-0.39, 0.29) is 18.1 Å². The SMILES string of the molecule is CCc1c(F)ccc2cc(OCOC)cc(N3CCc4c(nc(OC[C@]56CCCN5[C@H](COC)CC6)nc4OC)C3)c12. The van der Waals surface area contributed by atoms with Crippen LogP contribution < -0.4 is 19.1 Å². The maximum atomic E-state index is 15.0. The zero-order chi connectivity index (χ0) is 29.3. The highest BCUT2D eigenvalue weighted by molar-refractivity contribution is 5.98. The summed E-state index contributed by atoms with van der Waals surface area (Å²) in [4.78, 5) is 14.4. The van der Waals surface area contributed by atoms with Crippen molar-refractivity contribution in [2.24, 2.45) is 0 Å². The Balaban J connectivity index is 1.30. The molecule has 0 saturated carbocycles. The van der Waals surface area contributed by atoms with Crippen LogP contribution in [-0.4, -0.2) is 80.9 Å². The molecule has 0 bridgehead atoms. The van der Waals surface area contributed by atoms with E-state index in [2.05, 4.69) is 14.8 Å². The lowest BCUT2D eigenvalue weighted by Gasteiger charge is -2.35. The topological polar surface area (TPSA) is 78.4 Å². The van der Waals surface area contributed by atoms with Crippen LogP contribution in [0.15, 0.2) is 24.3 Å². The molecule has 9 nitrogen and oxygen atoms in total. The number of rotatable bonds is 11. The number of halogens is 1. The van der Waals surface area contributed by atoms with Crippen LogP contribution in [-0.2, 0) is 28.9 Å². The molecule has 0 spiro atoms. The molecule has 0 radical (unpaired) electrons. The Labute approximate surface area is 246 Å². The molecule has 10 heteroatoms. The summed E-state index contributed by atoms with van der Waals surface area (Å²) in [6, 6.07) is 8.04. The van der Waals surface area contributed by atoms with Crippen molar-refractivity contribution in [3.63, 3.8) is 0 Å². The molecule has 0 unspecified atom stereocenters. The van der Waals surface area contributed by atoms with Crippen LogP contribution in [0.25, 0.3) is 10.8 Å². The minimum atomic E-state index is -0.200. The summed E-state index contributed by atoms with van der Waals surface area (Å²) in [6.45, 7) is 5.69. The summed E-state index contributed by atoms with van der Waals surface area (Å²) in [5, 5.41) is 1.83. The third-order valence-electron chi connectivity index (χ3n) is 9.22. The Bertz CT molecular complexity index is 1440. The molecular formula is C32H41FN4O5. The normalized spacial score (nSPS) is 21.9. The van der Waals surface area contributed by atoms with Crippen molar-refractivity contribution in [2.75, 3.05) is 59.3 Å². The molecule has 226 valence electrons. The Hall–Kier alpha value is -3.21. The van der Waals surface area contributed by atoms with E-state index in [1.54, 1.807) is 21.3 Å². The number of hydrogen-bond acceptors (Lipinski definition) is 9. The number of aromatic nitrogens is 2. The summed E-state index contributed by atoms with van der Waals surface area (Å²) < 4.78 is 43.6. The van der Waals surface area contributed by atoms with E-state index in [1.807, 2.05) is 25.1 Å². The molecule has 4 heterocycles. The van der Waals surface area contributed by atoms with E-state index in [4.69, 9.17) is 28.7 Å². The second-order valence-corrected chi connectivity index (χ2v) is 11.5. The number of methoxy groups -OCH3 is 3. The Morgan fingerprint density at radius 1 is 1.05 bits per heavy atom. The average molecular weight is 581 g/mol. The van der Waals surface area contributed by atoms with Crippen molar-refractivity contribution in [1.29, 1.82) is 0 Å². The minimum absolute atomic E-state index is 0.00388.